The molecule has 82 valence electrons. The maximum atomic E-state index is 3.10. The van der Waals surface area contributed by atoms with Crippen molar-refractivity contribution in [3.63, 3.8) is 0 Å². The van der Waals surface area contributed by atoms with Crippen LogP contribution >= 0.6 is 0 Å². The second kappa shape index (κ2) is 6.04. The summed E-state index contributed by atoms with van der Waals surface area (Å²) in [5.74, 6) is 12.0. The summed E-state index contributed by atoms with van der Waals surface area (Å²) in [7, 11) is 0. The number of hydrogen-bond acceptors (Lipinski definition) is 0. The molecule has 0 heterocycles. The van der Waals surface area contributed by atoms with E-state index in [9.17, 15) is 0 Å². The highest BCUT2D eigenvalue weighted by atomic mass is 14.0. The van der Waals surface area contributed by atoms with Crippen LogP contribution < -0.4 is 0 Å². The molecule has 1 aromatic carbocycles. The lowest BCUT2D eigenvalue weighted by atomic mass is 9.98. The van der Waals surface area contributed by atoms with Crippen LogP contribution in [0.25, 0.3) is 0 Å². The number of aryl methyl sites for hydroxylation is 1. The van der Waals surface area contributed by atoms with Gasteiger partial charge in [0.05, 0.1) is 0 Å². The summed E-state index contributed by atoms with van der Waals surface area (Å²) >= 11 is 0. The Morgan fingerprint density at radius 1 is 1.00 bits per heavy atom. The van der Waals surface area contributed by atoms with Crippen LogP contribution in [0.5, 0.6) is 0 Å². The van der Waals surface area contributed by atoms with Gasteiger partial charge >= 0.3 is 0 Å². The Kier molecular flexibility index (Phi) is 4.68. The molecule has 0 aliphatic heterocycles. The molecule has 0 nitrogen and oxygen atoms in total. The van der Waals surface area contributed by atoms with Crippen molar-refractivity contribution in [1.82, 2.24) is 0 Å². The van der Waals surface area contributed by atoms with Crippen LogP contribution in [0.1, 0.15) is 32.8 Å². The molecule has 0 saturated carbocycles. The van der Waals surface area contributed by atoms with E-state index in [0.29, 0.717) is 0 Å². The smallest absolute Gasteiger partial charge is 0.0240 e. The standard InChI is InChI=1S/C16H18/c1-16(2,3)14-10-5-4-7-11-15-12-8-6-9-13-15/h6,8-9,12-13H,7,11H2,1-3H3. The summed E-state index contributed by atoms with van der Waals surface area (Å²) in [4.78, 5) is 0. The molecule has 0 saturated heterocycles. The molecule has 0 aliphatic carbocycles. The van der Waals surface area contributed by atoms with Crippen LogP contribution in [0.15, 0.2) is 30.3 Å². The van der Waals surface area contributed by atoms with Gasteiger partial charge in [0, 0.05) is 11.8 Å². The summed E-state index contributed by atoms with van der Waals surface area (Å²) in [6, 6.07) is 10.4. The van der Waals surface area contributed by atoms with Crippen LogP contribution in [0.4, 0.5) is 0 Å². The zero-order valence-electron chi connectivity index (χ0n) is 10.3. The molecular weight excluding hydrogens is 192 g/mol. The first-order chi connectivity index (χ1) is 7.58. The Bertz CT molecular complexity index is 424. The number of benzene rings is 1. The normalized spacial score (nSPS) is 9.69. The average Bonchev–Trinajstić information content (AvgIpc) is 2.23. The molecule has 0 aliphatic rings. The fourth-order valence-electron chi connectivity index (χ4n) is 1.18. The van der Waals surface area contributed by atoms with Gasteiger partial charge < -0.3 is 0 Å². The highest BCUT2D eigenvalue weighted by Crippen LogP contribution is 2.09. The summed E-state index contributed by atoms with van der Waals surface area (Å²) in [6.45, 7) is 6.27. The maximum absolute atomic E-state index is 3.10. The molecular formula is C16H18. The molecule has 0 atom stereocenters. The lowest BCUT2D eigenvalue weighted by molar-refractivity contribution is 0.571. The molecule has 0 fully saturated rings. The van der Waals surface area contributed by atoms with E-state index in [1.807, 2.05) is 6.07 Å². The molecule has 1 aromatic rings. The largest absolute Gasteiger partial charge is 0.0888 e. The Morgan fingerprint density at radius 3 is 2.31 bits per heavy atom. The van der Waals surface area contributed by atoms with E-state index in [-0.39, 0.29) is 5.41 Å². The minimum atomic E-state index is 0.0497. The molecule has 1 rings (SSSR count). The van der Waals surface area contributed by atoms with Crippen molar-refractivity contribution in [2.45, 2.75) is 33.6 Å². The highest BCUT2D eigenvalue weighted by molar-refractivity contribution is 5.28. The second-order valence-corrected chi connectivity index (χ2v) is 4.79. The highest BCUT2D eigenvalue weighted by Gasteiger charge is 2.02. The zero-order chi connectivity index (χ0) is 11.9. The second-order valence-electron chi connectivity index (χ2n) is 4.79. The SMILES string of the molecule is CC(C)(C)C#CC#CCCc1ccccc1. The van der Waals surface area contributed by atoms with Gasteiger partial charge in [0.1, 0.15) is 0 Å². The molecule has 0 aromatic heterocycles. The predicted molar refractivity (Wildman–Crippen MR) is 69.8 cm³/mol. The molecule has 0 N–H and O–H groups in total. The van der Waals surface area contributed by atoms with Crippen molar-refractivity contribution in [3.05, 3.63) is 35.9 Å². The van der Waals surface area contributed by atoms with E-state index in [1.165, 1.54) is 5.56 Å². The van der Waals surface area contributed by atoms with Gasteiger partial charge in [-0.25, -0.2) is 0 Å². The summed E-state index contributed by atoms with van der Waals surface area (Å²) in [5, 5.41) is 0. The third kappa shape index (κ3) is 5.94. The fourth-order valence-corrected chi connectivity index (χ4v) is 1.18. The van der Waals surface area contributed by atoms with Crippen molar-refractivity contribution in [2.24, 2.45) is 5.41 Å². The summed E-state index contributed by atoms with van der Waals surface area (Å²) in [5.41, 5.74) is 1.38. The van der Waals surface area contributed by atoms with Gasteiger partial charge in [0.2, 0.25) is 0 Å². The third-order valence-corrected chi connectivity index (χ3v) is 1.97. The molecule has 0 amide bonds. The van der Waals surface area contributed by atoms with Gasteiger partial charge in [-0.3, -0.25) is 0 Å². The Hall–Kier alpha value is -1.66. The van der Waals surface area contributed by atoms with Gasteiger partial charge in [0.25, 0.3) is 0 Å². The van der Waals surface area contributed by atoms with Gasteiger partial charge in [-0.05, 0) is 44.6 Å². The molecule has 0 unspecified atom stereocenters. The average molecular weight is 210 g/mol. The van der Waals surface area contributed by atoms with E-state index in [0.717, 1.165) is 12.8 Å². The van der Waals surface area contributed by atoms with Gasteiger partial charge in [-0.1, -0.05) is 42.2 Å². The summed E-state index contributed by atoms with van der Waals surface area (Å²) < 4.78 is 0. The van der Waals surface area contributed by atoms with Crippen molar-refractivity contribution >= 4 is 0 Å². The zero-order valence-corrected chi connectivity index (χ0v) is 10.3. The molecule has 0 radical (unpaired) electrons. The van der Waals surface area contributed by atoms with E-state index in [2.05, 4.69) is 68.7 Å². The van der Waals surface area contributed by atoms with Crippen molar-refractivity contribution in [1.29, 1.82) is 0 Å². The van der Waals surface area contributed by atoms with E-state index in [4.69, 9.17) is 0 Å². The molecule has 16 heavy (non-hydrogen) atoms. The van der Waals surface area contributed by atoms with Crippen LogP contribution in [0, 0.1) is 29.1 Å². The predicted octanol–water partition coefficient (Wildman–Crippen LogP) is 3.67. The van der Waals surface area contributed by atoms with E-state index in [1.54, 1.807) is 0 Å². The molecule has 0 spiro atoms. The fraction of sp³-hybridized carbons (Fsp3) is 0.375. The topological polar surface area (TPSA) is 0 Å². The third-order valence-electron chi connectivity index (χ3n) is 1.97. The Morgan fingerprint density at radius 2 is 1.69 bits per heavy atom. The van der Waals surface area contributed by atoms with Crippen LogP contribution in [0.2, 0.25) is 0 Å². The first kappa shape index (κ1) is 12.4. The van der Waals surface area contributed by atoms with Crippen molar-refractivity contribution < 1.29 is 0 Å². The van der Waals surface area contributed by atoms with Crippen LogP contribution in [-0.4, -0.2) is 0 Å². The van der Waals surface area contributed by atoms with Gasteiger partial charge in [0.15, 0.2) is 0 Å². The van der Waals surface area contributed by atoms with E-state index < -0.39 is 0 Å². The number of hydrogen-bond donors (Lipinski definition) is 0. The van der Waals surface area contributed by atoms with Crippen LogP contribution in [0.3, 0.4) is 0 Å². The quantitative estimate of drug-likeness (QED) is 0.653. The first-order valence-electron chi connectivity index (χ1n) is 5.62. The lowest BCUT2D eigenvalue weighted by Gasteiger charge is -2.05. The number of rotatable bonds is 2. The van der Waals surface area contributed by atoms with Crippen molar-refractivity contribution in [3.8, 4) is 23.7 Å². The van der Waals surface area contributed by atoms with Crippen molar-refractivity contribution in [2.75, 3.05) is 0 Å². The minimum absolute atomic E-state index is 0.0497. The molecule has 0 bridgehead atoms. The first-order valence-corrected chi connectivity index (χ1v) is 5.62. The van der Waals surface area contributed by atoms with Gasteiger partial charge in [-0.2, -0.15) is 0 Å². The lowest BCUT2D eigenvalue weighted by Crippen LogP contribution is -1.98. The minimum Gasteiger partial charge on any atom is -0.0888 e. The van der Waals surface area contributed by atoms with E-state index >= 15 is 0 Å². The monoisotopic (exact) mass is 210 g/mol. The molecule has 0 heteroatoms. The Labute approximate surface area is 99.1 Å². The maximum Gasteiger partial charge on any atom is 0.0240 e. The van der Waals surface area contributed by atoms with Crippen LogP contribution in [-0.2, 0) is 6.42 Å². The summed E-state index contributed by atoms with van der Waals surface area (Å²) in [6.07, 6.45) is 1.88. The Balaban J connectivity index is 2.36. The van der Waals surface area contributed by atoms with Gasteiger partial charge in [-0.15, -0.1) is 0 Å².